The van der Waals surface area contributed by atoms with Crippen molar-refractivity contribution >= 4 is 16.8 Å². The fourth-order valence-corrected chi connectivity index (χ4v) is 1.99. The zero-order valence-electron chi connectivity index (χ0n) is 11.6. The van der Waals surface area contributed by atoms with Crippen molar-refractivity contribution in [2.24, 2.45) is 12.5 Å². The lowest BCUT2D eigenvalue weighted by molar-refractivity contribution is 0.0912. The highest BCUT2D eigenvalue weighted by Crippen LogP contribution is 2.20. The van der Waals surface area contributed by atoms with Gasteiger partial charge in [0.15, 0.2) is 0 Å². The van der Waals surface area contributed by atoms with Crippen molar-refractivity contribution in [2.45, 2.75) is 13.8 Å². The summed E-state index contributed by atoms with van der Waals surface area (Å²) in [6.07, 6.45) is 1.84. The van der Waals surface area contributed by atoms with Crippen molar-refractivity contribution in [3.8, 4) is 0 Å². The molecule has 0 atom stereocenters. The smallest absolute Gasteiger partial charge is 0.253 e. The van der Waals surface area contributed by atoms with E-state index in [0.29, 0.717) is 12.1 Å². The van der Waals surface area contributed by atoms with Crippen molar-refractivity contribution < 1.29 is 9.90 Å². The molecule has 0 aliphatic rings. The summed E-state index contributed by atoms with van der Waals surface area (Å²) in [4.78, 5) is 12.2. The summed E-state index contributed by atoms with van der Waals surface area (Å²) in [5.41, 5.74) is 1.40. The van der Waals surface area contributed by atoms with Crippen LogP contribution in [0.25, 0.3) is 10.9 Å². The summed E-state index contributed by atoms with van der Waals surface area (Å²) >= 11 is 0. The van der Waals surface area contributed by atoms with Gasteiger partial charge in [0.05, 0.1) is 5.56 Å². The van der Waals surface area contributed by atoms with Gasteiger partial charge < -0.3 is 15.0 Å². The lowest BCUT2D eigenvalue weighted by atomic mass is 9.95. The molecule has 0 unspecified atom stereocenters. The number of fused-ring (bicyclic) bond motifs is 1. The number of aryl methyl sites for hydroxylation is 1. The van der Waals surface area contributed by atoms with Crippen LogP contribution in [0, 0.1) is 5.41 Å². The van der Waals surface area contributed by atoms with E-state index in [1.165, 1.54) is 0 Å². The van der Waals surface area contributed by atoms with E-state index in [9.17, 15) is 9.90 Å². The number of aliphatic hydroxyl groups is 1. The molecule has 2 rings (SSSR count). The van der Waals surface area contributed by atoms with Crippen LogP contribution in [0.15, 0.2) is 30.5 Å². The summed E-state index contributed by atoms with van der Waals surface area (Å²) in [5, 5.41) is 13.0. The quantitative estimate of drug-likeness (QED) is 0.882. The van der Waals surface area contributed by atoms with Gasteiger partial charge in [-0.25, -0.2) is 0 Å². The molecule has 102 valence electrons. The van der Waals surface area contributed by atoms with Gasteiger partial charge in [-0.15, -0.1) is 0 Å². The Morgan fingerprint density at radius 2 is 2.05 bits per heavy atom. The van der Waals surface area contributed by atoms with Gasteiger partial charge in [-0.2, -0.15) is 0 Å². The molecular formula is C15H20N2O2. The molecule has 1 amide bonds. The topological polar surface area (TPSA) is 54.3 Å². The molecule has 2 aromatic rings. The number of amides is 1. The van der Waals surface area contributed by atoms with Crippen molar-refractivity contribution in [3.63, 3.8) is 0 Å². The molecule has 0 aliphatic carbocycles. The molecule has 0 fully saturated rings. The Bertz CT molecular complexity index is 599. The maximum Gasteiger partial charge on any atom is 0.253 e. The SMILES string of the molecule is Cn1cc(C(=O)NCC(C)(C)CO)c2ccccc21. The lowest BCUT2D eigenvalue weighted by Gasteiger charge is -2.21. The van der Waals surface area contributed by atoms with E-state index in [2.05, 4.69) is 5.32 Å². The van der Waals surface area contributed by atoms with Gasteiger partial charge in [-0.3, -0.25) is 4.79 Å². The van der Waals surface area contributed by atoms with Crippen LogP contribution in [-0.2, 0) is 7.05 Å². The van der Waals surface area contributed by atoms with Crippen LogP contribution in [0.1, 0.15) is 24.2 Å². The van der Waals surface area contributed by atoms with Gasteiger partial charge in [0.2, 0.25) is 0 Å². The second-order valence-electron chi connectivity index (χ2n) is 5.68. The molecular weight excluding hydrogens is 240 g/mol. The number of nitrogens with zero attached hydrogens (tertiary/aromatic N) is 1. The summed E-state index contributed by atoms with van der Waals surface area (Å²) < 4.78 is 1.95. The molecule has 1 aromatic heterocycles. The summed E-state index contributed by atoms with van der Waals surface area (Å²) in [6.45, 7) is 4.32. The highest BCUT2D eigenvalue weighted by molar-refractivity contribution is 6.06. The minimum atomic E-state index is -0.305. The van der Waals surface area contributed by atoms with E-state index in [1.807, 2.05) is 55.9 Å². The number of nitrogens with one attached hydrogen (secondary N) is 1. The molecule has 1 heterocycles. The Morgan fingerprint density at radius 1 is 1.37 bits per heavy atom. The van der Waals surface area contributed by atoms with Crippen LogP contribution in [0.3, 0.4) is 0 Å². The van der Waals surface area contributed by atoms with E-state index >= 15 is 0 Å². The predicted molar refractivity (Wildman–Crippen MR) is 76.1 cm³/mol. The van der Waals surface area contributed by atoms with Crippen LogP contribution in [-0.4, -0.2) is 28.7 Å². The third kappa shape index (κ3) is 2.79. The maximum atomic E-state index is 12.2. The summed E-state index contributed by atoms with van der Waals surface area (Å²) in [5.74, 6) is -0.0988. The summed E-state index contributed by atoms with van der Waals surface area (Å²) in [7, 11) is 1.93. The average molecular weight is 260 g/mol. The van der Waals surface area contributed by atoms with Gasteiger partial charge in [0.1, 0.15) is 0 Å². The number of carbonyl (C=O) groups excluding carboxylic acids is 1. The van der Waals surface area contributed by atoms with Gasteiger partial charge in [-0.1, -0.05) is 32.0 Å². The standard InChI is InChI=1S/C15H20N2O2/c1-15(2,10-18)9-16-14(19)12-8-17(3)13-7-5-4-6-11(12)13/h4-8,18H,9-10H2,1-3H3,(H,16,19). The monoisotopic (exact) mass is 260 g/mol. The second-order valence-corrected chi connectivity index (χ2v) is 5.68. The zero-order valence-corrected chi connectivity index (χ0v) is 11.6. The molecule has 1 aromatic carbocycles. The fourth-order valence-electron chi connectivity index (χ4n) is 1.99. The molecule has 0 saturated heterocycles. The van der Waals surface area contributed by atoms with Gasteiger partial charge in [0, 0.05) is 42.7 Å². The molecule has 0 saturated carbocycles. The third-order valence-corrected chi connectivity index (χ3v) is 3.30. The molecule has 0 aliphatic heterocycles. The number of carbonyl (C=O) groups is 1. The number of aliphatic hydroxyl groups excluding tert-OH is 1. The summed E-state index contributed by atoms with van der Waals surface area (Å²) in [6, 6.07) is 7.82. The van der Waals surface area contributed by atoms with Gasteiger partial charge in [0.25, 0.3) is 5.91 Å². The van der Waals surface area contributed by atoms with Crippen molar-refractivity contribution in [1.29, 1.82) is 0 Å². The molecule has 4 heteroatoms. The first-order valence-corrected chi connectivity index (χ1v) is 6.38. The lowest BCUT2D eigenvalue weighted by Crippen LogP contribution is -2.36. The second kappa shape index (κ2) is 5.05. The highest BCUT2D eigenvalue weighted by Gasteiger charge is 2.19. The molecule has 4 nitrogen and oxygen atoms in total. The van der Waals surface area contributed by atoms with Crippen LogP contribution in [0.4, 0.5) is 0 Å². The number of hydrogen-bond donors (Lipinski definition) is 2. The Hall–Kier alpha value is -1.81. The fraction of sp³-hybridized carbons (Fsp3) is 0.400. The minimum absolute atomic E-state index is 0.0445. The van der Waals surface area contributed by atoms with E-state index in [0.717, 1.165) is 10.9 Å². The first-order chi connectivity index (χ1) is 8.94. The Morgan fingerprint density at radius 3 is 2.74 bits per heavy atom. The number of hydrogen-bond acceptors (Lipinski definition) is 2. The number of para-hydroxylation sites is 1. The molecule has 19 heavy (non-hydrogen) atoms. The van der Waals surface area contributed by atoms with E-state index in [1.54, 1.807) is 0 Å². The van der Waals surface area contributed by atoms with Crippen molar-refractivity contribution in [3.05, 3.63) is 36.0 Å². The normalized spacial score (nSPS) is 11.8. The van der Waals surface area contributed by atoms with Crippen LogP contribution in [0.5, 0.6) is 0 Å². The van der Waals surface area contributed by atoms with Crippen LogP contribution >= 0.6 is 0 Å². The number of benzene rings is 1. The number of aromatic nitrogens is 1. The Balaban J connectivity index is 2.23. The molecule has 2 N–H and O–H groups in total. The Kier molecular flexibility index (Phi) is 3.62. The van der Waals surface area contributed by atoms with Gasteiger partial charge in [-0.05, 0) is 6.07 Å². The maximum absolute atomic E-state index is 12.2. The van der Waals surface area contributed by atoms with E-state index in [-0.39, 0.29) is 17.9 Å². The van der Waals surface area contributed by atoms with Crippen molar-refractivity contribution in [2.75, 3.05) is 13.2 Å². The van der Waals surface area contributed by atoms with E-state index in [4.69, 9.17) is 0 Å². The minimum Gasteiger partial charge on any atom is -0.396 e. The molecule has 0 spiro atoms. The zero-order chi connectivity index (χ0) is 14.0. The first-order valence-electron chi connectivity index (χ1n) is 6.38. The van der Waals surface area contributed by atoms with Gasteiger partial charge >= 0.3 is 0 Å². The van der Waals surface area contributed by atoms with Crippen molar-refractivity contribution in [1.82, 2.24) is 9.88 Å². The Labute approximate surface area is 113 Å². The molecule has 0 radical (unpaired) electrons. The highest BCUT2D eigenvalue weighted by atomic mass is 16.3. The number of rotatable bonds is 4. The van der Waals surface area contributed by atoms with Crippen LogP contribution < -0.4 is 5.32 Å². The van der Waals surface area contributed by atoms with Crippen LogP contribution in [0.2, 0.25) is 0 Å². The average Bonchev–Trinajstić information content (AvgIpc) is 2.74. The largest absolute Gasteiger partial charge is 0.396 e. The van der Waals surface area contributed by atoms with E-state index < -0.39 is 0 Å². The predicted octanol–water partition coefficient (Wildman–Crippen LogP) is 1.93. The molecule has 0 bridgehead atoms. The first kappa shape index (κ1) is 13.6. The third-order valence-electron chi connectivity index (χ3n) is 3.30.